The van der Waals surface area contributed by atoms with Crippen LogP contribution < -0.4 is 5.32 Å². The van der Waals surface area contributed by atoms with Gasteiger partial charge in [0, 0.05) is 11.8 Å². The summed E-state index contributed by atoms with van der Waals surface area (Å²) in [6.07, 6.45) is 6.10. The number of amides is 1. The minimum atomic E-state index is 0.193. The van der Waals surface area contributed by atoms with Crippen LogP contribution in [0.25, 0.3) is 0 Å². The van der Waals surface area contributed by atoms with Crippen LogP contribution in [0.15, 0.2) is 4.52 Å². The molecule has 96 valence electrons. The zero-order chi connectivity index (χ0) is 12.3. The third-order valence-corrected chi connectivity index (χ3v) is 4.79. The van der Waals surface area contributed by atoms with Crippen molar-refractivity contribution in [3.05, 3.63) is 11.5 Å². The molecule has 1 aromatic heterocycles. The van der Waals surface area contributed by atoms with Crippen molar-refractivity contribution in [2.75, 3.05) is 5.32 Å². The highest BCUT2D eigenvalue weighted by Crippen LogP contribution is 2.58. The van der Waals surface area contributed by atoms with Gasteiger partial charge in [0.2, 0.25) is 5.91 Å². The lowest BCUT2D eigenvalue weighted by Crippen LogP contribution is -2.17. The summed E-state index contributed by atoms with van der Waals surface area (Å²) in [5.41, 5.74) is 1.67. The summed E-state index contributed by atoms with van der Waals surface area (Å²) in [4.78, 5) is 12.3. The van der Waals surface area contributed by atoms with Gasteiger partial charge in [0.15, 0.2) is 5.76 Å². The van der Waals surface area contributed by atoms with Crippen molar-refractivity contribution in [1.82, 2.24) is 5.16 Å². The zero-order valence-electron chi connectivity index (χ0n) is 10.6. The number of rotatable bonds is 3. The summed E-state index contributed by atoms with van der Waals surface area (Å²) >= 11 is 0. The second kappa shape index (κ2) is 3.59. The summed E-state index contributed by atoms with van der Waals surface area (Å²) in [5, 5.41) is 7.07. The molecule has 0 bridgehead atoms. The first-order valence-electron chi connectivity index (χ1n) is 7.02. The average Bonchev–Trinajstić information content (AvgIpc) is 3.25. The number of hydrogen-bond donors (Lipinski definition) is 1. The fourth-order valence-corrected chi connectivity index (χ4v) is 3.58. The van der Waals surface area contributed by atoms with Crippen LogP contribution in [0, 0.1) is 24.7 Å². The lowest BCUT2D eigenvalue weighted by Gasteiger charge is -2.06. The van der Waals surface area contributed by atoms with E-state index in [0.29, 0.717) is 17.8 Å². The van der Waals surface area contributed by atoms with E-state index >= 15 is 0 Å². The highest BCUT2D eigenvalue weighted by atomic mass is 16.5. The minimum Gasteiger partial charge on any atom is -0.359 e. The molecule has 2 unspecified atom stereocenters. The number of nitrogens with one attached hydrogen (secondary N) is 1. The highest BCUT2D eigenvalue weighted by molar-refractivity contribution is 5.96. The predicted octanol–water partition coefficient (Wildman–Crippen LogP) is 2.85. The van der Waals surface area contributed by atoms with Crippen LogP contribution in [0.1, 0.15) is 49.5 Å². The van der Waals surface area contributed by atoms with Gasteiger partial charge in [-0.25, -0.2) is 0 Å². The molecule has 3 aliphatic rings. The second-order valence-electron chi connectivity index (χ2n) is 6.06. The van der Waals surface area contributed by atoms with Gasteiger partial charge in [-0.15, -0.1) is 0 Å². The molecule has 0 aliphatic heterocycles. The van der Waals surface area contributed by atoms with Crippen LogP contribution in [0.3, 0.4) is 0 Å². The molecule has 3 saturated carbocycles. The van der Waals surface area contributed by atoms with Crippen molar-refractivity contribution in [3.63, 3.8) is 0 Å². The maximum Gasteiger partial charge on any atom is 0.228 e. The zero-order valence-corrected chi connectivity index (χ0v) is 10.6. The lowest BCUT2D eigenvalue weighted by molar-refractivity contribution is -0.118. The first-order valence-corrected chi connectivity index (χ1v) is 7.02. The smallest absolute Gasteiger partial charge is 0.228 e. The van der Waals surface area contributed by atoms with E-state index in [2.05, 4.69) is 10.5 Å². The minimum absolute atomic E-state index is 0.193. The number of carbonyl (C=O) groups excluding carboxylic acids is 1. The molecular weight excluding hydrogens is 228 g/mol. The molecule has 0 saturated heterocycles. The molecule has 0 aromatic carbocycles. The second-order valence-corrected chi connectivity index (χ2v) is 6.06. The van der Waals surface area contributed by atoms with Crippen molar-refractivity contribution < 1.29 is 9.32 Å². The Kier molecular flexibility index (Phi) is 2.11. The molecule has 3 fully saturated rings. The van der Waals surface area contributed by atoms with Gasteiger partial charge in [-0.1, -0.05) is 11.6 Å². The molecule has 1 amide bonds. The number of anilines is 1. The van der Waals surface area contributed by atoms with Crippen molar-refractivity contribution in [2.24, 2.45) is 17.8 Å². The van der Waals surface area contributed by atoms with Crippen LogP contribution in [0.5, 0.6) is 0 Å². The fourth-order valence-electron chi connectivity index (χ4n) is 3.58. The number of hydrogen-bond acceptors (Lipinski definition) is 3. The van der Waals surface area contributed by atoms with E-state index in [9.17, 15) is 4.79 Å². The van der Waals surface area contributed by atoms with Crippen molar-refractivity contribution in [3.8, 4) is 0 Å². The molecule has 0 radical (unpaired) electrons. The standard InChI is InChI=1S/C14H18N2O2/c1-7-12(13(18-16-7)8-5-6-8)15-14(17)11-9-3-2-4-10(9)11/h8-11H,2-6H2,1H3,(H,15,17). The fraction of sp³-hybridized carbons (Fsp3) is 0.714. The molecule has 3 aliphatic carbocycles. The Morgan fingerprint density at radius 2 is 2.00 bits per heavy atom. The highest BCUT2D eigenvalue weighted by Gasteiger charge is 2.56. The molecular formula is C14H18N2O2. The van der Waals surface area contributed by atoms with Gasteiger partial charge in [0.1, 0.15) is 11.4 Å². The van der Waals surface area contributed by atoms with Crippen molar-refractivity contribution in [2.45, 2.75) is 44.9 Å². The molecule has 2 atom stereocenters. The number of aromatic nitrogens is 1. The van der Waals surface area contributed by atoms with Crippen molar-refractivity contribution >= 4 is 11.6 Å². The van der Waals surface area contributed by atoms with Gasteiger partial charge < -0.3 is 9.84 Å². The Balaban J connectivity index is 1.51. The Labute approximate surface area is 106 Å². The molecule has 4 rings (SSSR count). The van der Waals surface area contributed by atoms with E-state index in [0.717, 1.165) is 30.0 Å². The lowest BCUT2D eigenvalue weighted by atomic mass is 10.1. The van der Waals surface area contributed by atoms with Gasteiger partial charge in [0.05, 0.1) is 0 Å². The van der Waals surface area contributed by atoms with Crippen LogP contribution in [0.2, 0.25) is 0 Å². The van der Waals surface area contributed by atoms with Gasteiger partial charge >= 0.3 is 0 Å². The van der Waals surface area contributed by atoms with E-state index in [4.69, 9.17) is 4.52 Å². The molecule has 0 spiro atoms. The molecule has 18 heavy (non-hydrogen) atoms. The number of aryl methyl sites for hydroxylation is 1. The Bertz CT molecular complexity index is 494. The Morgan fingerprint density at radius 1 is 1.28 bits per heavy atom. The normalized spacial score (nSPS) is 33.3. The monoisotopic (exact) mass is 246 g/mol. The average molecular weight is 246 g/mol. The number of carbonyl (C=O) groups is 1. The summed E-state index contributed by atoms with van der Waals surface area (Å²) < 4.78 is 5.35. The first kappa shape index (κ1) is 10.6. The summed E-state index contributed by atoms with van der Waals surface area (Å²) in [6, 6.07) is 0. The van der Waals surface area contributed by atoms with Crippen LogP contribution >= 0.6 is 0 Å². The Hall–Kier alpha value is -1.32. The maximum atomic E-state index is 12.3. The number of nitrogens with zero attached hydrogens (tertiary/aromatic N) is 1. The summed E-state index contributed by atoms with van der Waals surface area (Å²) in [7, 11) is 0. The van der Waals surface area contributed by atoms with Crippen LogP contribution in [0.4, 0.5) is 5.69 Å². The van der Waals surface area contributed by atoms with Crippen LogP contribution in [-0.4, -0.2) is 11.1 Å². The molecule has 4 heteroatoms. The topological polar surface area (TPSA) is 55.1 Å². The summed E-state index contributed by atoms with van der Waals surface area (Å²) in [5.74, 6) is 3.16. The third-order valence-electron chi connectivity index (χ3n) is 4.79. The van der Waals surface area contributed by atoms with Gasteiger partial charge in [-0.05, 0) is 44.4 Å². The predicted molar refractivity (Wildman–Crippen MR) is 66.2 cm³/mol. The van der Waals surface area contributed by atoms with Gasteiger partial charge in [-0.3, -0.25) is 4.79 Å². The molecule has 1 heterocycles. The molecule has 1 aromatic rings. The third kappa shape index (κ3) is 1.51. The molecule has 1 N–H and O–H groups in total. The van der Waals surface area contributed by atoms with Gasteiger partial charge in [-0.2, -0.15) is 0 Å². The Morgan fingerprint density at radius 3 is 2.67 bits per heavy atom. The quantitative estimate of drug-likeness (QED) is 0.892. The van der Waals surface area contributed by atoms with E-state index in [1.807, 2.05) is 6.92 Å². The van der Waals surface area contributed by atoms with E-state index in [1.165, 1.54) is 19.3 Å². The summed E-state index contributed by atoms with van der Waals surface area (Å²) in [6.45, 7) is 1.90. The first-order chi connectivity index (χ1) is 8.75. The maximum absolute atomic E-state index is 12.3. The van der Waals surface area contributed by atoms with E-state index in [1.54, 1.807) is 0 Å². The van der Waals surface area contributed by atoms with Crippen LogP contribution in [-0.2, 0) is 4.79 Å². The van der Waals surface area contributed by atoms with E-state index < -0.39 is 0 Å². The SMILES string of the molecule is Cc1noc(C2CC2)c1NC(=O)C1C2CCCC21. The number of fused-ring (bicyclic) bond motifs is 1. The van der Waals surface area contributed by atoms with Gasteiger partial charge in [0.25, 0.3) is 0 Å². The largest absolute Gasteiger partial charge is 0.359 e. The molecule has 4 nitrogen and oxygen atoms in total. The van der Waals surface area contributed by atoms with E-state index in [-0.39, 0.29) is 11.8 Å². The van der Waals surface area contributed by atoms with Crippen molar-refractivity contribution in [1.29, 1.82) is 0 Å².